The number of carbonyl (C=O) groups is 2. The zero-order chi connectivity index (χ0) is 15.1. The molecule has 1 aliphatic rings. The van der Waals surface area contributed by atoms with Gasteiger partial charge in [-0.2, -0.15) is 0 Å². The molecule has 3 aromatic rings. The van der Waals surface area contributed by atoms with Crippen LogP contribution in [-0.4, -0.2) is 11.1 Å². The van der Waals surface area contributed by atoms with Crippen molar-refractivity contribution >= 4 is 50.5 Å². The largest absolute Gasteiger partial charge is 0.290 e. The lowest BCUT2D eigenvalue weighted by molar-refractivity contribution is -0.115. The lowest BCUT2D eigenvalue weighted by Crippen LogP contribution is -2.17. The van der Waals surface area contributed by atoms with Crippen LogP contribution in [0, 0.1) is 0 Å². The van der Waals surface area contributed by atoms with E-state index in [2.05, 4.69) is 23.5 Å². The fourth-order valence-electron chi connectivity index (χ4n) is 2.76. The molecule has 0 saturated carbocycles. The summed E-state index contributed by atoms with van der Waals surface area (Å²) in [5, 5.41) is 6.35. The lowest BCUT2D eigenvalue weighted by Gasteiger charge is -2.08. The Hall–Kier alpha value is -2.59. The van der Waals surface area contributed by atoms with Crippen molar-refractivity contribution in [2.24, 2.45) is 0 Å². The number of thioether (sulfide) groups is 1. The predicted molar refractivity (Wildman–Crippen MR) is 90.6 cm³/mol. The molecule has 0 unspecified atom stereocenters. The molecule has 0 aliphatic carbocycles. The summed E-state index contributed by atoms with van der Waals surface area (Å²) in [6, 6.07) is 18.3. The number of benzene rings is 3. The van der Waals surface area contributed by atoms with Crippen LogP contribution in [-0.2, 0) is 4.79 Å². The first kappa shape index (κ1) is 13.1. The van der Waals surface area contributed by atoms with Crippen molar-refractivity contribution in [2.75, 3.05) is 0 Å². The van der Waals surface area contributed by atoms with E-state index in [1.165, 1.54) is 0 Å². The predicted octanol–water partition coefficient (Wildman–Crippen LogP) is 4.32. The van der Waals surface area contributed by atoms with E-state index in [0.29, 0.717) is 4.91 Å². The Morgan fingerprint density at radius 2 is 1.45 bits per heavy atom. The van der Waals surface area contributed by atoms with Gasteiger partial charge in [0.2, 0.25) is 0 Å². The monoisotopic (exact) mass is 305 g/mol. The molecule has 4 rings (SSSR count). The van der Waals surface area contributed by atoms with Gasteiger partial charge in [-0.1, -0.05) is 48.5 Å². The van der Waals surface area contributed by atoms with Crippen LogP contribution in [0.15, 0.2) is 59.5 Å². The number of imide groups is 1. The van der Waals surface area contributed by atoms with E-state index in [9.17, 15) is 9.59 Å². The third-order valence-corrected chi connectivity index (χ3v) is 4.54. The number of rotatable bonds is 1. The van der Waals surface area contributed by atoms with Gasteiger partial charge in [0.05, 0.1) is 4.91 Å². The lowest BCUT2D eigenvalue weighted by atomic mass is 9.96. The van der Waals surface area contributed by atoms with Gasteiger partial charge in [-0.25, -0.2) is 0 Å². The van der Waals surface area contributed by atoms with Gasteiger partial charge in [0.25, 0.3) is 11.1 Å². The summed E-state index contributed by atoms with van der Waals surface area (Å²) in [7, 11) is 0. The summed E-state index contributed by atoms with van der Waals surface area (Å²) in [5.41, 5.74) is 0.973. The molecule has 1 saturated heterocycles. The van der Waals surface area contributed by atoms with Crippen molar-refractivity contribution < 1.29 is 9.59 Å². The topological polar surface area (TPSA) is 46.2 Å². The van der Waals surface area contributed by atoms with Crippen molar-refractivity contribution in [2.45, 2.75) is 0 Å². The normalized spacial score (nSPS) is 16.6. The fraction of sp³-hybridized carbons (Fsp3) is 0. The molecule has 0 aromatic heterocycles. The number of amides is 2. The molecule has 0 spiro atoms. The van der Waals surface area contributed by atoms with Gasteiger partial charge in [0.15, 0.2) is 0 Å². The Morgan fingerprint density at radius 1 is 0.864 bits per heavy atom. The van der Waals surface area contributed by atoms with Crippen LogP contribution in [0.4, 0.5) is 4.79 Å². The standard InChI is InChI=1S/C18H11NO2S/c20-17-16(22-18(21)19-17)10-15-13-7-3-1-5-11(13)9-12-6-2-4-8-14(12)15/h1-10H,(H,19,20,21)/b16-10+. The van der Waals surface area contributed by atoms with Gasteiger partial charge in [-0.05, 0) is 51.0 Å². The summed E-state index contributed by atoms with van der Waals surface area (Å²) in [4.78, 5) is 23.6. The Bertz CT molecular complexity index is 921. The van der Waals surface area contributed by atoms with E-state index in [4.69, 9.17) is 0 Å². The molecule has 22 heavy (non-hydrogen) atoms. The molecule has 0 bridgehead atoms. The van der Waals surface area contributed by atoms with Crippen LogP contribution in [0.1, 0.15) is 5.56 Å². The first-order valence-electron chi connectivity index (χ1n) is 6.88. The summed E-state index contributed by atoms with van der Waals surface area (Å²) >= 11 is 0.947. The van der Waals surface area contributed by atoms with Gasteiger partial charge >= 0.3 is 0 Å². The molecule has 106 valence electrons. The third-order valence-electron chi connectivity index (χ3n) is 3.73. The third kappa shape index (κ3) is 2.09. The maximum absolute atomic E-state index is 11.8. The minimum atomic E-state index is -0.327. The summed E-state index contributed by atoms with van der Waals surface area (Å²) in [5.74, 6) is -0.327. The summed E-state index contributed by atoms with van der Waals surface area (Å²) < 4.78 is 0. The fourth-order valence-corrected chi connectivity index (χ4v) is 3.42. The van der Waals surface area contributed by atoms with Gasteiger partial charge in [-0.15, -0.1) is 0 Å². The van der Waals surface area contributed by atoms with Crippen molar-refractivity contribution in [3.8, 4) is 0 Å². The number of nitrogens with one attached hydrogen (secondary N) is 1. The summed E-state index contributed by atoms with van der Waals surface area (Å²) in [6.45, 7) is 0. The average Bonchev–Trinajstić information content (AvgIpc) is 2.84. The van der Waals surface area contributed by atoms with Crippen LogP contribution in [0.3, 0.4) is 0 Å². The van der Waals surface area contributed by atoms with Crippen molar-refractivity contribution in [3.63, 3.8) is 0 Å². The van der Waals surface area contributed by atoms with Crippen LogP contribution >= 0.6 is 11.8 Å². The van der Waals surface area contributed by atoms with Crippen LogP contribution in [0.2, 0.25) is 0 Å². The van der Waals surface area contributed by atoms with Crippen molar-refractivity contribution in [1.29, 1.82) is 0 Å². The molecule has 1 heterocycles. The number of fused-ring (bicyclic) bond motifs is 2. The van der Waals surface area contributed by atoms with E-state index < -0.39 is 0 Å². The molecular weight excluding hydrogens is 294 g/mol. The number of hydrogen-bond donors (Lipinski definition) is 1. The summed E-state index contributed by atoms with van der Waals surface area (Å²) in [6.07, 6.45) is 1.82. The van der Waals surface area contributed by atoms with Gasteiger partial charge in [-0.3, -0.25) is 14.9 Å². The number of hydrogen-bond acceptors (Lipinski definition) is 3. The molecular formula is C18H11NO2S. The Labute approximate surface area is 131 Å². The molecule has 1 fully saturated rings. The Kier molecular flexibility index (Phi) is 2.98. The van der Waals surface area contributed by atoms with Crippen LogP contribution in [0.25, 0.3) is 27.6 Å². The zero-order valence-corrected chi connectivity index (χ0v) is 12.3. The van der Waals surface area contributed by atoms with Gasteiger partial charge in [0, 0.05) is 0 Å². The Morgan fingerprint density at radius 3 is 2.00 bits per heavy atom. The van der Waals surface area contributed by atoms with E-state index in [-0.39, 0.29) is 11.1 Å². The van der Waals surface area contributed by atoms with Gasteiger partial charge < -0.3 is 0 Å². The molecule has 1 N–H and O–H groups in total. The molecule has 0 radical (unpaired) electrons. The maximum atomic E-state index is 11.8. The molecule has 4 heteroatoms. The van der Waals surface area contributed by atoms with Crippen molar-refractivity contribution in [1.82, 2.24) is 5.32 Å². The van der Waals surface area contributed by atoms with E-state index in [1.54, 1.807) is 0 Å². The van der Waals surface area contributed by atoms with Gasteiger partial charge in [0.1, 0.15) is 0 Å². The second kappa shape index (κ2) is 5.00. The molecule has 3 aromatic carbocycles. The van der Waals surface area contributed by atoms with E-state index in [0.717, 1.165) is 38.9 Å². The first-order valence-corrected chi connectivity index (χ1v) is 7.69. The molecule has 1 aliphatic heterocycles. The minimum Gasteiger partial charge on any atom is -0.282 e. The highest BCUT2D eigenvalue weighted by molar-refractivity contribution is 8.18. The second-order valence-electron chi connectivity index (χ2n) is 5.08. The van der Waals surface area contributed by atoms with Crippen LogP contribution in [0.5, 0.6) is 0 Å². The minimum absolute atomic E-state index is 0.319. The molecule has 0 atom stereocenters. The highest BCUT2D eigenvalue weighted by Gasteiger charge is 2.25. The zero-order valence-electron chi connectivity index (χ0n) is 11.5. The first-order chi connectivity index (χ1) is 10.7. The average molecular weight is 305 g/mol. The molecule has 2 amide bonds. The molecule has 3 nitrogen and oxygen atoms in total. The highest BCUT2D eigenvalue weighted by Crippen LogP contribution is 2.33. The second-order valence-corrected chi connectivity index (χ2v) is 6.10. The SMILES string of the molecule is O=C1NC(=O)/C(=C\c2c3ccccc3cc3ccccc23)S1. The van der Waals surface area contributed by atoms with Crippen molar-refractivity contribution in [3.05, 3.63) is 65.1 Å². The van der Waals surface area contributed by atoms with E-state index in [1.807, 2.05) is 42.5 Å². The number of carbonyl (C=O) groups excluding carboxylic acids is 2. The van der Waals surface area contributed by atoms with E-state index >= 15 is 0 Å². The Balaban J connectivity index is 2.07. The smallest absolute Gasteiger partial charge is 0.282 e. The maximum Gasteiger partial charge on any atom is 0.290 e. The highest BCUT2D eigenvalue weighted by atomic mass is 32.2. The van der Waals surface area contributed by atoms with Crippen LogP contribution < -0.4 is 5.32 Å². The quantitative estimate of drug-likeness (QED) is 0.538.